The molecular formula is C9H8N2O2S. The minimum Gasteiger partial charge on any atom is -0.258 e. The van der Waals surface area contributed by atoms with Crippen molar-refractivity contribution in [2.75, 3.05) is 0 Å². The first-order valence-electron chi connectivity index (χ1n) is 4.10. The second-order valence-corrected chi connectivity index (χ2v) is 4.25. The molecule has 4 nitrogen and oxygen atoms in total. The molecule has 1 heterocycles. The first-order valence-corrected chi connectivity index (χ1v) is 4.92. The lowest BCUT2D eigenvalue weighted by atomic mass is 10.2. The largest absolute Gasteiger partial charge is 0.273 e. The third-order valence-corrected chi connectivity index (χ3v) is 3.19. The molecule has 14 heavy (non-hydrogen) atoms. The first kappa shape index (κ1) is 9.08. The summed E-state index contributed by atoms with van der Waals surface area (Å²) in [5, 5.41) is 11.6. The molecule has 0 aliphatic rings. The van der Waals surface area contributed by atoms with Gasteiger partial charge in [0.05, 0.1) is 20.1 Å². The number of aryl methyl sites for hydroxylation is 2. The third-order valence-electron chi connectivity index (χ3n) is 2.08. The Hall–Kier alpha value is -1.49. The monoisotopic (exact) mass is 208 g/mol. The molecule has 5 heteroatoms. The predicted molar refractivity (Wildman–Crippen MR) is 55.7 cm³/mol. The second-order valence-electron chi connectivity index (χ2n) is 3.05. The van der Waals surface area contributed by atoms with Gasteiger partial charge in [-0.3, -0.25) is 10.1 Å². The van der Waals surface area contributed by atoms with Gasteiger partial charge in [-0.25, -0.2) is 4.98 Å². The van der Waals surface area contributed by atoms with Crippen molar-refractivity contribution < 1.29 is 4.92 Å². The molecule has 1 aromatic carbocycles. The number of fused-ring (bicyclic) bond motifs is 1. The zero-order valence-corrected chi connectivity index (χ0v) is 8.59. The molecule has 2 aromatic rings. The molecule has 0 atom stereocenters. The highest BCUT2D eigenvalue weighted by atomic mass is 32.1. The molecule has 0 N–H and O–H groups in total. The van der Waals surface area contributed by atoms with Crippen LogP contribution in [-0.4, -0.2) is 9.91 Å². The number of aromatic nitrogens is 1. The standard InChI is InChI=1S/C9H8N2O2S/c1-5-8(11(12)13)4-3-7-9(5)14-6(2)10-7/h3-4H,1-2H3. The highest BCUT2D eigenvalue weighted by Crippen LogP contribution is 2.30. The molecule has 0 aliphatic carbocycles. The van der Waals surface area contributed by atoms with Gasteiger partial charge in [-0.1, -0.05) is 0 Å². The van der Waals surface area contributed by atoms with Gasteiger partial charge in [0, 0.05) is 11.6 Å². The number of rotatable bonds is 1. The summed E-state index contributed by atoms with van der Waals surface area (Å²) in [6, 6.07) is 3.21. The van der Waals surface area contributed by atoms with Gasteiger partial charge >= 0.3 is 0 Å². The first-order chi connectivity index (χ1) is 6.59. The second kappa shape index (κ2) is 3.02. The van der Waals surface area contributed by atoms with Crippen LogP contribution in [0.15, 0.2) is 12.1 Å². The SMILES string of the molecule is Cc1nc2ccc([N+](=O)[O-])c(C)c2s1. The van der Waals surface area contributed by atoms with Crippen molar-refractivity contribution in [2.45, 2.75) is 13.8 Å². The molecule has 2 rings (SSSR count). The number of nitro groups is 1. The lowest BCUT2D eigenvalue weighted by Gasteiger charge is -1.96. The van der Waals surface area contributed by atoms with Crippen LogP contribution in [0.4, 0.5) is 5.69 Å². The van der Waals surface area contributed by atoms with Crippen LogP contribution in [0.3, 0.4) is 0 Å². The van der Waals surface area contributed by atoms with E-state index in [-0.39, 0.29) is 10.6 Å². The fraction of sp³-hybridized carbons (Fsp3) is 0.222. The molecule has 0 spiro atoms. The Morgan fingerprint density at radius 1 is 1.43 bits per heavy atom. The Morgan fingerprint density at radius 2 is 2.14 bits per heavy atom. The average molecular weight is 208 g/mol. The zero-order chi connectivity index (χ0) is 10.3. The number of nitrogens with zero attached hydrogens (tertiary/aromatic N) is 2. The van der Waals surface area contributed by atoms with Crippen LogP contribution in [-0.2, 0) is 0 Å². The van der Waals surface area contributed by atoms with Crippen molar-refractivity contribution in [3.63, 3.8) is 0 Å². The van der Waals surface area contributed by atoms with E-state index in [1.807, 2.05) is 6.92 Å². The van der Waals surface area contributed by atoms with Gasteiger partial charge in [0.1, 0.15) is 0 Å². The lowest BCUT2D eigenvalue weighted by molar-refractivity contribution is -0.385. The summed E-state index contributed by atoms with van der Waals surface area (Å²) >= 11 is 1.49. The maximum atomic E-state index is 10.7. The van der Waals surface area contributed by atoms with E-state index in [1.54, 1.807) is 13.0 Å². The van der Waals surface area contributed by atoms with Gasteiger partial charge in [0.25, 0.3) is 5.69 Å². The van der Waals surface area contributed by atoms with Gasteiger partial charge in [-0.05, 0) is 19.9 Å². The normalized spacial score (nSPS) is 10.7. The molecule has 0 bridgehead atoms. The summed E-state index contributed by atoms with van der Waals surface area (Å²) in [6.07, 6.45) is 0. The summed E-state index contributed by atoms with van der Waals surface area (Å²) in [7, 11) is 0. The molecule has 0 radical (unpaired) electrons. The van der Waals surface area contributed by atoms with Gasteiger partial charge in [-0.15, -0.1) is 11.3 Å². The number of nitro benzene ring substituents is 1. The van der Waals surface area contributed by atoms with Gasteiger partial charge in [0.2, 0.25) is 0 Å². The van der Waals surface area contributed by atoms with E-state index in [0.29, 0.717) is 5.56 Å². The Labute approximate surface area is 84.4 Å². The minimum absolute atomic E-state index is 0.168. The van der Waals surface area contributed by atoms with Crippen molar-refractivity contribution in [2.24, 2.45) is 0 Å². The number of hydrogen-bond donors (Lipinski definition) is 0. The molecule has 0 saturated carbocycles. The van der Waals surface area contributed by atoms with Crippen LogP contribution in [0.5, 0.6) is 0 Å². The molecule has 0 unspecified atom stereocenters. The summed E-state index contributed by atoms with van der Waals surface area (Å²) < 4.78 is 0.914. The van der Waals surface area contributed by atoms with Crippen LogP contribution >= 0.6 is 11.3 Å². The van der Waals surface area contributed by atoms with E-state index in [1.165, 1.54) is 17.4 Å². The molecule has 0 fully saturated rings. The smallest absolute Gasteiger partial charge is 0.258 e. The number of hydrogen-bond acceptors (Lipinski definition) is 4. The van der Waals surface area contributed by atoms with Crippen LogP contribution in [0.2, 0.25) is 0 Å². The van der Waals surface area contributed by atoms with Crippen LogP contribution < -0.4 is 0 Å². The van der Waals surface area contributed by atoms with E-state index in [2.05, 4.69) is 4.98 Å². The molecule has 0 saturated heterocycles. The van der Waals surface area contributed by atoms with E-state index < -0.39 is 0 Å². The van der Waals surface area contributed by atoms with Crippen LogP contribution in [0.1, 0.15) is 10.6 Å². The molecule has 0 aliphatic heterocycles. The highest BCUT2D eigenvalue weighted by Gasteiger charge is 2.14. The molecule has 0 amide bonds. The van der Waals surface area contributed by atoms with Gasteiger partial charge in [0.15, 0.2) is 0 Å². The Balaban J connectivity index is 2.80. The third kappa shape index (κ3) is 1.26. The zero-order valence-electron chi connectivity index (χ0n) is 7.77. The topological polar surface area (TPSA) is 56.0 Å². The fourth-order valence-electron chi connectivity index (χ4n) is 1.42. The maximum absolute atomic E-state index is 10.7. The highest BCUT2D eigenvalue weighted by molar-refractivity contribution is 7.18. The van der Waals surface area contributed by atoms with E-state index in [4.69, 9.17) is 0 Å². The Kier molecular flexibility index (Phi) is 1.96. The van der Waals surface area contributed by atoms with E-state index in [9.17, 15) is 10.1 Å². The van der Waals surface area contributed by atoms with Crippen molar-refractivity contribution in [3.8, 4) is 0 Å². The van der Waals surface area contributed by atoms with Crippen molar-refractivity contribution in [1.82, 2.24) is 4.98 Å². The van der Waals surface area contributed by atoms with Crippen molar-refractivity contribution in [1.29, 1.82) is 0 Å². The van der Waals surface area contributed by atoms with Crippen molar-refractivity contribution >= 4 is 27.2 Å². The van der Waals surface area contributed by atoms with Gasteiger partial charge in [-0.2, -0.15) is 0 Å². The van der Waals surface area contributed by atoms with Gasteiger partial charge < -0.3 is 0 Å². The fourth-order valence-corrected chi connectivity index (χ4v) is 2.34. The summed E-state index contributed by atoms with van der Waals surface area (Å²) in [4.78, 5) is 14.6. The molecular weight excluding hydrogens is 200 g/mol. The maximum Gasteiger partial charge on any atom is 0.273 e. The number of benzene rings is 1. The number of thiazole rings is 1. The predicted octanol–water partition coefficient (Wildman–Crippen LogP) is 2.82. The Bertz CT molecular complexity index is 519. The average Bonchev–Trinajstić information content (AvgIpc) is 2.46. The summed E-state index contributed by atoms with van der Waals surface area (Å²) in [5.41, 5.74) is 1.72. The van der Waals surface area contributed by atoms with Crippen LogP contribution in [0, 0.1) is 24.0 Å². The molecule has 1 aromatic heterocycles. The summed E-state index contributed by atoms with van der Waals surface area (Å²) in [5.74, 6) is 0. The Morgan fingerprint density at radius 3 is 2.79 bits per heavy atom. The lowest BCUT2D eigenvalue weighted by Crippen LogP contribution is -1.90. The van der Waals surface area contributed by atoms with E-state index >= 15 is 0 Å². The summed E-state index contributed by atoms with van der Waals surface area (Å²) in [6.45, 7) is 3.66. The van der Waals surface area contributed by atoms with Crippen molar-refractivity contribution in [3.05, 3.63) is 32.8 Å². The molecule has 72 valence electrons. The van der Waals surface area contributed by atoms with Crippen LogP contribution in [0.25, 0.3) is 10.2 Å². The van der Waals surface area contributed by atoms with E-state index in [0.717, 1.165) is 15.2 Å². The quantitative estimate of drug-likeness (QED) is 0.534. The minimum atomic E-state index is -0.357.